The van der Waals surface area contributed by atoms with Crippen LogP contribution in [0.25, 0.3) is 6.08 Å². The number of carbonyl (C=O) groups is 3. The highest BCUT2D eigenvalue weighted by Crippen LogP contribution is 2.60. The Balaban J connectivity index is 1.28. The first kappa shape index (κ1) is 28.2. The van der Waals surface area contributed by atoms with E-state index in [0.29, 0.717) is 29.4 Å². The Morgan fingerprint density at radius 2 is 1.66 bits per heavy atom. The zero-order valence-electron chi connectivity index (χ0n) is 23.9. The molecule has 5 aliphatic rings. The van der Waals surface area contributed by atoms with E-state index in [4.69, 9.17) is 9.47 Å². The summed E-state index contributed by atoms with van der Waals surface area (Å²) in [5.41, 5.74) is 2.50. The van der Waals surface area contributed by atoms with Gasteiger partial charge in [-0.15, -0.1) is 0 Å². The summed E-state index contributed by atoms with van der Waals surface area (Å²) in [6.07, 6.45) is 10.2. The summed E-state index contributed by atoms with van der Waals surface area (Å²) in [7, 11) is 0. The molecule has 0 spiro atoms. The predicted octanol–water partition coefficient (Wildman–Crippen LogP) is 7.00. The maximum atomic E-state index is 13.6. The number of nitrogens with one attached hydrogen (secondary N) is 1. The lowest BCUT2D eigenvalue weighted by molar-refractivity contribution is -0.122. The van der Waals surface area contributed by atoms with Crippen molar-refractivity contribution in [3.8, 4) is 11.5 Å². The van der Waals surface area contributed by atoms with Crippen LogP contribution in [0, 0.1) is 21.3 Å². The third kappa shape index (κ3) is 5.28. The van der Waals surface area contributed by atoms with Crippen molar-refractivity contribution in [2.75, 3.05) is 11.5 Å². The van der Waals surface area contributed by atoms with Crippen LogP contribution in [0.1, 0.15) is 76.8 Å². The lowest BCUT2D eigenvalue weighted by atomic mass is 9.48. The maximum absolute atomic E-state index is 13.6. The Morgan fingerprint density at radius 3 is 2.24 bits per heavy atom. The summed E-state index contributed by atoms with van der Waals surface area (Å²) < 4.78 is 12.7. The molecule has 4 amide bonds. The third-order valence-corrected chi connectivity index (χ3v) is 10.2. The Labute approximate surface area is 255 Å². The molecular weight excluding hydrogens is 631 g/mol. The zero-order chi connectivity index (χ0) is 28.9. The summed E-state index contributed by atoms with van der Waals surface area (Å²) in [5.74, 6) is 2.31. The second-order valence-corrected chi connectivity index (χ2v) is 13.5. The zero-order valence-corrected chi connectivity index (χ0v) is 26.0. The van der Waals surface area contributed by atoms with Gasteiger partial charge in [0, 0.05) is 0 Å². The minimum absolute atomic E-state index is 0.00605. The van der Waals surface area contributed by atoms with Crippen LogP contribution in [-0.2, 0) is 15.0 Å². The molecule has 7 nitrogen and oxygen atoms in total. The maximum Gasteiger partial charge on any atom is 0.335 e. The van der Waals surface area contributed by atoms with Crippen molar-refractivity contribution in [3.63, 3.8) is 0 Å². The Morgan fingerprint density at radius 1 is 1.02 bits per heavy atom. The van der Waals surface area contributed by atoms with E-state index < -0.39 is 17.8 Å². The fourth-order valence-corrected chi connectivity index (χ4v) is 8.57. The molecule has 1 atom stereocenters. The van der Waals surface area contributed by atoms with E-state index in [1.165, 1.54) is 50.2 Å². The van der Waals surface area contributed by atoms with E-state index in [1.807, 2.05) is 39.0 Å². The molecule has 7 rings (SSSR count). The van der Waals surface area contributed by atoms with Crippen molar-refractivity contribution in [2.24, 2.45) is 17.8 Å². The quantitative estimate of drug-likeness (QED) is 0.186. The number of ether oxygens (including phenoxy) is 2. The van der Waals surface area contributed by atoms with Gasteiger partial charge in [-0.05, 0) is 146 Å². The number of benzene rings is 2. The minimum Gasteiger partial charge on any atom is -0.490 e. The highest BCUT2D eigenvalue weighted by Gasteiger charge is 2.51. The van der Waals surface area contributed by atoms with Gasteiger partial charge in [0.05, 0.1) is 22.0 Å². The summed E-state index contributed by atoms with van der Waals surface area (Å²) in [5, 5.41) is 2.35. The molecular formula is C33H37IN2O5. The Kier molecular flexibility index (Phi) is 7.63. The van der Waals surface area contributed by atoms with Crippen molar-refractivity contribution in [2.45, 2.75) is 77.2 Å². The molecule has 41 heavy (non-hydrogen) atoms. The molecule has 8 heteroatoms. The van der Waals surface area contributed by atoms with Gasteiger partial charge in [0.25, 0.3) is 11.8 Å². The smallest absolute Gasteiger partial charge is 0.335 e. The van der Waals surface area contributed by atoms with E-state index in [1.54, 1.807) is 6.07 Å². The van der Waals surface area contributed by atoms with Crippen LogP contribution >= 0.6 is 22.6 Å². The largest absolute Gasteiger partial charge is 0.490 e. The van der Waals surface area contributed by atoms with Gasteiger partial charge < -0.3 is 9.47 Å². The highest BCUT2D eigenvalue weighted by atomic mass is 127. The second kappa shape index (κ2) is 11.1. The van der Waals surface area contributed by atoms with Gasteiger partial charge in [0.15, 0.2) is 11.5 Å². The summed E-state index contributed by atoms with van der Waals surface area (Å²) >= 11 is 2.17. The lowest BCUT2D eigenvalue weighted by Gasteiger charge is -2.57. The number of anilines is 1. The highest BCUT2D eigenvalue weighted by molar-refractivity contribution is 14.1. The first-order valence-corrected chi connectivity index (χ1v) is 15.9. The second-order valence-electron chi connectivity index (χ2n) is 12.3. The third-order valence-electron chi connectivity index (χ3n) is 9.41. The van der Waals surface area contributed by atoms with Crippen molar-refractivity contribution >= 4 is 52.2 Å². The molecule has 1 aliphatic heterocycles. The standard InChI is InChI=1S/C33H37IN2O5/c1-4-19(3)41-29-27(34)14-20(15-28(29)40-5-2)13-26-30(37)35-32(39)36(31(26)38)25-8-6-24(7-9-25)33-16-21-10-22(17-33)12-23(11-21)18-33/h6-9,13-15,19,21-23H,4-5,10-12,16-18H2,1-3H3,(H,35,37,39)/b26-13+/t19-,21?,22?,23?,33?/m0/s1. The molecule has 2 aromatic carbocycles. The molecule has 0 aromatic heterocycles. The number of hydrogen-bond donors (Lipinski definition) is 1. The van der Waals surface area contributed by atoms with E-state index in [9.17, 15) is 14.4 Å². The average Bonchev–Trinajstić information content (AvgIpc) is 2.92. The molecule has 0 radical (unpaired) electrons. The molecule has 1 N–H and O–H groups in total. The van der Waals surface area contributed by atoms with Crippen LogP contribution in [0.5, 0.6) is 11.5 Å². The van der Waals surface area contributed by atoms with Crippen molar-refractivity contribution in [1.82, 2.24) is 5.32 Å². The fourth-order valence-electron chi connectivity index (χ4n) is 7.82. The first-order valence-electron chi connectivity index (χ1n) is 14.8. The van der Waals surface area contributed by atoms with Gasteiger partial charge in [-0.1, -0.05) is 19.1 Å². The molecule has 1 saturated heterocycles. The molecule has 5 fully saturated rings. The minimum atomic E-state index is -0.735. The van der Waals surface area contributed by atoms with E-state index in [2.05, 4.69) is 40.0 Å². The number of hydrogen-bond acceptors (Lipinski definition) is 5. The van der Waals surface area contributed by atoms with Gasteiger partial charge in [-0.2, -0.15) is 0 Å². The molecule has 4 saturated carbocycles. The average molecular weight is 669 g/mol. The number of imide groups is 2. The number of urea groups is 1. The van der Waals surface area contributed by atoms with E-state index in [-0.39, 0.29) is 17.1 Å². The number of nitrogens with zero attached hydrogens (tertiary/aromatic N) is 1. The molecule has 1 heterocycles. The number of amides is 4. The monoisotopic (exact) mass is 668 g/mol. The number of halogens is 1. The van der Waals surface area contributed by atoms with Crippen LogP contribution in [0.2, 0.25) is 0 Å². The molecule has 4 bridgehead atoms. The summed E-state index contributed by atoms with van der Waals surface area (Å²) in [4.78, 5) is 40.4. The Hall–Kier alpha value is -2.88. The predicted molar refractivity (Wildman–Crippen MR) is 166 cm³/mol. The van der Waals surface area contributed by atoms with Gasteiger partial charge in [-0.25, -0.2) is 9.69 Å². The summed E-state index contributed by atoms with van der Waals surface area (Å²) in [6.45, 7) is 6.37. The molecule has 4 aliphatic carbocycles. The van der Waals surface area contributed by atoms with Crippen molar-refractivity contribution < 1.29 is 23.9 Å². The van der Waals surface area contributed by atoms with Crippen molar-refractivity contribution in [1.29, 1.82) is 0 Å². The number of barbiturate groups is 1. The Bertz CT molecular complexity index is 1380. The van der Waals surface area contributed by atoms with Crippen molar-refractivity contribution in [3.05, 3.63) is 56.7 Å². The van der Waals surface area contributed by atoms with Gasteiger partial charge in [-0.3, -0.25) is 14.9 Å². The van der Waals surface area contributed by atoms with Gasteiger partial charge >= 0.3 is 6.03 Å². The number of rotatable bonds is 8. The normalized spacial score (nSPS) is 28.7. The lowest BCUT2D eigenvalue weighted by Crippen LogP contribution is -2.54. The first-order chi connectivity index (χ1) is 19.7. The molecule has 0 unspecified atom stereocenters. The molecule has 216 valence electrons. The fraction of sp³-hybridized carbons (Fsp3) is 0.485. The van der Waals surface area contributed by atoms with Crippen LogP contribution in [0.15, 0.2) is 42.0 Å². The number of carbonyl (C=O) groups excluding carboxylic acids is 3. The van der Waals surface area contributed by atoms with Gasteiger partial charge in [0.2, 0.25) is 0 Å². The van der Waals surface area contributed by atoms with Gasteiger partial charge in [0.1, 0.15) is 5.57 Å². The van der Waals surface area contributed by atoms with Crippen LogP contribution in [0.4, 0.5) is 10.5 Å². The molecule has 2 aromatic rings. The van der Waals surface area contributed by atoms with E-state index >= 15 is 0 Å². The topological polar surface area (TPSA) is 84.9 Å². The SMILES string of the molecule is CCOc1cc(/C=C2\C(=O)NC(=O)N(c3ccc(C45CC6CC(CC(C6)C4)C5)cc3)C2=O)cc(I)c1O[C@@H](C)CC. The van der Waals surface area contributed by atoms with Crippen LogP contribution < -0.4 is 19.7 Å². The van der Waals surface area contributed by atoms with E-state index in [0.717, 1.165) is 32.6 Å². The summed E-state index contributed by atoms with van der Waals surface area (Å²) in [6, 6.07) is 10.8. The van der Waals surface area contributed by atoms with Crippen LogP contribution in [-0.4, -0.2) is 30.6 Å². The van der Waals surface area contributed by atoms with Crippen LogP contribution in [0.3, 0.4) is 0 Å².